The van der Waals surface area contributed by atoms with E-state index in [1.165, 1.54) is 49.3 Å². The van der Waals surface area contributed by atoms with E-state index in [1.807, 2.05) is 0 Å². The number of nitrogens with zero attached hydrogens (tertiary/aromatic N) is 4. The number of amides is 2. The summed E-state index contributed by atoms with van der Waals surface area (Å²) in [6.07, 6.45) is -2.33. The highest BCUT2D eigenvalue weighted by Gasteiger charge is 2.34. The number of ether oxygens (including phenoxy) is 2. The van der Waals surface area contributed by atoms with E-state index in [2.05, 4.69) is 19.8 Å². The molecule has 2 aromatic heterocycles. The monoisotopic (exact) mass is 510 g/mol. The summed E-state index contributed by atoms with van der Waals surface area (Å²) in [6, 6.07) is 3.95. The van der Waals surface area contributed by atoms with Crippen LogP contribution in [0.15, 0.2) is 45.9 Å². The molecular weight excluding hydrogens is 489 g/mol. The van der Waals surface area contributed by atoms with Crippen LogP contribution in [0.4, 0.5) is 23.7 Å². The minimum absolute atomic E-state index is 0.0862. The zero-order chi connectivity index (χ0) is 25.5. The minimum atomic E-state index is -4.68. The number of benzene rings is 1. The van der Waals surface area contributed by atoms with Crippen molar-refractivity contribution in [2.24, 2.45) is 9.50 Å². The van der Waals surface area contributed by atoms with Gasteiger partial charge in [-0.1, -0.05) is 6.07 Å². The topological polar surface area (TPSA) is 134 Å². The quantitative estimate of drug-likeness (QED) is 0.545. The predicted octanol–water partition coefficient (Wildman–Crippen LogP) is 3.99. The summed E-state index contributed by atoms with van der Waals surface area (Å²) in [5.74, 6) is 0.345. The number of urea groups is 1. The number of fused-ring (bicyclic) bond motifs is 1. The molecule has 2 atom stereocenters. The van der Waals surface area contributed by atoms with Gasteiger partial charge in [0.1, 0.15) is 11.0 Å². The van der Waals surface area contributed by atoms with Crippen LogP contribution in [0.3, 0.4) is 0 Å². The second kappa shape index (κ2) is 8.85. The van der Waals surface area contributed by atoms with Crippen molar-refractivity contribution in [3.8, 4) is 22.9 Å². The molecular formula is C21H21F3N6O4S. The smallest absolute Gasteiger partial charge is 0.416 e. The van der Waals surface area contributed by atoms with Gasteiger partial charge in [0, 0.05) is 17.8 Å². The lowest BCUT2D eigenvalue weighted by Gasteiger charge is -2.18. The van der Waals surface area contributed by atoms with Crippen LogP contribution < -0.4 is 19.9 Å². The summed E-state index contributed by atoms with van der Waals surface area (Å²) in [5, 5.41) is 12.2. The molecule has 0 saturated carbocycles. The molecule has 1 aliphatic rings. The number of nitrogens with two attached hydrogens (primary N) is 1. The van der Waals surface area contributed by atoms with Gasteiger partial charge in [-0.25, -0.2) is 23.8 Å². The maximum atomic E-state index is 13.6. The average molecular weight is 510 g/mol. The number of carbonyl (C=O) groups excluding carboxylic acids is 1. The molecule has 0 bridgehead atoms. The normalized spacial score (nSPS) is 16.7. The summed E-state index contributed by atoms with van der Waals surface area (Å²) in [6.45, 7) is 3.38. The highest BCUT2D eigenvalue weighted by molar-refractivity contribution is 7.91. The van der Waals surface area contributed by atoms with Crippen LogP contribution in [0.5, 0.6) is 11.8 Å². The summed E-state index contributed by atoms with van der Waals surface area (Å²) in [4.78, 5) is 16.7. The first-order valence-corrected chi connectivity index (χ1v) is 11.8. The summed E-state index contributed by atoms with van der Waals surface area (Å²) in [7, 11) is -2.43. The van der Waals surface area contributed by atoms with Crippen LogP contribution in [0.25, 0.3) is 11.1 Å². The predicted molar refractivity (Wildman–Crippen MR) is 120 cm³/mol. The van der Waals surface area contributed by atoms with Gasteiger partial charge < -0.3 is 14.8 Å². The molecule has 1 aliphatic heterocycles. The number of alkyl halides is 3. The van der Waals surface area contributed by atoms with E-state index in [9.17, 15) is 22.2 Å². The average Bonchev–Trinajstić information content (AvgIpc) is 3.33. The van der Waals surface area contributed by atoms with Gasteiger partial charge in [0.25, 0.3) is 0 Å². The third-order valence-electron chi connectivity index (χ3n) is 5.29. The van der Waals surface area contributed by atoms with Crippen molar-refractivity contribution in [2.45, 2.75) is 37.6 Å². The van der Waals surface area contributed by atoms with Gasteiger partial charge in [0.05, 0.1) is 31.1 Å². The first kappa shape index (κ1) is 24.5. The number of halogens is 3. The van der Waals surface area contributed by atoms with Crippen molar-refractivity contribution in [3.63, 3.8) is 0 Å². The van der Waals surface area contributed by atoms with Gasteiger partial charge in [0.15, 0.2) is 9.92 Å². The molecule has 1 aromatic carbocycles. The lowest BCUT2D eigenvalue weighted by atomic mass is 9.97. The Morgan fingerprint density at radius 3 is 2.80 bits per heavy atom. The number of hydrogen-bond donors (Lipinski definition) is 2. The Balaban J connectivity index is 1.77. The maximum absolute atomic E-state index is 13.6. The molecule has 0 fully saturated rings. The van der Waals surface area contributed by atoms with Gasteiger partial charge in [-0.05, 0) is 37.1 Å². The molecule has 35 heavy (non-hydrogen) atoms. The molecule has 2 amide bonds. The molecule has 3 N–H and O–H groups in total. The summed E-state index contributed by atoms with van der Waals surface area (Å²) >= 11 is 0. The molecule has 0 radical (unpaired) electrons. The van der Waals surface area contributed by atoms with E-state index in [0.29, 0.717) is 12.1 Å². The van der Waals surface area contributed by atoms with Crippen molar-refractivity contribution in [1.82, 2.24) is 14.8 Å². The van der Waals surface area contributed by atoms with Gasteiger partial charge in [-0.3, -0.25) is 0 Å². The van der Waals surface area contributed by atoms with Gasteiger partial charge in [0.2, 0.25) is 11.8 Å². The number of nitrogens with one attached hydrogen (secondary N) is 1. The summed E-state index contributed by atoms with van der Waals surface area (Å²) < 4.78 is 69.4. The minimum Gasteiger partial charge on any atom is -0.481 e. The van der Waals surface area contributed by atoms with Gasteiger partial charge >= 0.3 is 12.2 Å². The van der Waals surface area contributed by atoms with E-state index in [4.69, 9.17) is 14.6 Å². The Morgan fingerprint density at radius 2 is 2.11 bits per heavy atom. The molecule has 4 rings (SSSR count). The number of rotatable bonds is 4. The third kappa shape index (κ3) is 4.79. The van der Waals surface area contributed by atoms with Gasteiger partial charge in [-0.2, -0.15) is 18.3 Å². The van der Waals surface area contributed by atoms with Crippen molar-refractivity contribution in [3.05, 3.63) is 47.8 Å². The Bertz CT molecular complexity index is 1430. The Kier molecular flexibility index (Phi) is 6.19. The van der Waals surface area contributed by atoms with Crippen molar-refractivity contribution < 1.29 is 31.6 Å². The van der Waals surface area contributed by atoms with Crippen LogP contribution >= 0.6 is 0 Å². The molecule has 0 spiro atoms. The number of pyridine rings is 1. The standard InChI is InChI=1S/C21H21F3N6O4S/c1-11-10-30-19(34-11)16(9-27-30)35(25,32)29-20(31)28-18-12(2)15(21(22,23)24)5-4-14(18)13-6-7-26-17(8-13)33-3/h4-9,11H,10H2,1-3H3,(H3,25,28,29,31,32)/t11-,35-/m1/s1. The van der Waals surface area contributed by atoms with Crippen LogP contribution in [0, 0.1) is 6.92 Å². The fraction of sp³-hybridized carbons (Fsp3) is 0.286. The van der Waals surface area contributed by atoms with Crippen molar-refractivity contribution in [2.75, 3.05) is 12.4 Å². The second-order valence-corrected chi connectivity index (χ2v) is 9.52. The fourth-order valence-electron chi connectivity index (χ4n) is 3.69. The first-order chi connectivity index (χ1) is 16.4. The number of hydrogen-bond acceptors (Lipinski definition) is 6. The van der Waals surface area contributed by atoms with E-state index in [-0.39, 0.29) is 39.6 Å². The van der Waals surface area contributed by atoms with E-state index >= 15 is 0 Å². The third-order valence-corrected chi connectivity index (χ3v) is 6.64. The van der Waals surface area contributed by atoms with E-state index in [0.717, 1.165) is 6.07 Å². The maximum Gasteiger partial charge on any atom is 0.416 e. The number of aromatic nitrogens is 3. The van der Waals surface area contributed by atoms with E-state index in [1.54, 1.807) is 6.92 Å². The highest BCUT2D eigenvalue weighted by Crippen LogP contribution is 2.40. The molecule has 10 nitrogen and oxygen atoms in total. The first-order valence-electron chi connectivity index (χ1n) is 10.2. The van der Waals surface area contributed by atoms with Crippen LogP contribution in [-0.2, 0) is 22.6 Å². The second-order valence-electron chi connectivity index (χ2n) is 7.76. The zero-order valence-electron chi connectivity index (χ0n) is 18.8. The fourth-order valence-corrected chi connectivity index (χ4v) is 4.68. The van der Waals surface area contributed by atoms with Crippen molar-refractivity contribution >= 4 is 21.6 Å². The molecule has 186 valence electrons. The summed E-state index contributed by atoms with van der Waals surface area (Å²) in [5.41, 5.74) is -0.729. The molecule has 0 saturated heterocycles. The van der Waals surface area contributed by atoms with Crippen molar-refractivity contribution in [1.29, 1.82) is 0 Å². The lowest BCUT2D eigenvalue weighted by Crippen LogP contribution is -2.19. The van der Waals surface area contributed by atoms with Crippen LogP contribution in [0.2, 0.25) is 0 Å². The number of carbonyl (C=O) groups is 1. The Labute approximate surface area is 198 Å². The number of anilines is 1. The molecule has 0 aliphatic carbocycles. The van der Waals surface area contributed by atoms with E-state index < -0.39 is 27.7 Å². The van der Waals surface area contributed by atoms with Crippen LogP contribution in [0.1, 0.15) is 18.1 Å². The Morgan fingerprint density at radius 1 is 1.37 bits per heavy atom. The largest absolute Gasteiger partial charge is 0.481 e. The number of methoxy groups -OCH3 is 1. The zero-order valence-corrected chi connectivity index (χ0v) is 19.6. The molecule has 0 unspecified atom stereocenters. The Hall–Kier alpha value is -3.65. The SMILES string of the molecule is COc1cc(-c2ccc(C(F)(F)F)c(C)c2NC(=O)N=[S@@](N)(=O)c2cnn3c2O[C@H](C)C3)ccn1. The molecule has 3 aromatic rings. The molecule has 3 heterocycles. The highest BCUT2D eigenvalue weighted by atomic mass is 32.2. The van der Waals surface area contributed by atoms with Crippen LogP contribution in [-0.4, -0.2) is 38.2 Å². The lowest BCUT2D eigenvalue weighted by molar-refractivity contribution is -0.138. The van der Waals surface area contributed by atoms with Gasteiger partial charge in [-0.15, -0.1) is 4.36 Å². The molecule has 14 heteroatoms.